The minimum Gasteiger partial charge on any atom is -0.490 e. The van der Waals surface area contributed by atoms with Gasteiger partial charge in [-0.05, 0) is 68.4 Å². The van der Waals surface area contributed by atoms with E-state index in [0.717, 1.165) is 55.5 Å². The average Bonchev–Trinajstić information content (AvgIpc) is 3.37. The summed E-state index contributed by atoms with van der Waals surface area (Å²) in [6, 6.07) is 18.1. The quantitative estimate of drug-likeness (QED) is 0.778. The summed E-state index contributed by atoms with van der Waals surface area (Å²) in [6.07, 6.45) is 9.25. The first-order chi connectivity index (χ1) is 12.8. The Bertz CT molecular complexity index is 727. The summed E-state index contributed by atoms with van der Waals surface area (Å²) < 4.78 is 6.01. The normalized spacial score (nSPS) is 19.4. The zero-order valence-corrected chi connectivity index (χ0v) is 15.2. The van der Waals surface area contributed by atoms with Crippen LogP contribution in [-0.4, -0.2) is 12.0 Å². The summed E-state index contributed by atoms with van der Waals surface area (Å²) in [5.41, 5.74) is 1.59. The molecular weight excluding hydrogens is 322 g/mol. The van der Waals surface area contributed by atoms with Gasteiger partial charge in [0.25, 0.3) is 0 Å². The summed E-state index contributed by atoms with van der Waals surface area (Å²) in [4.78, 5) is 13.2. The Balaban J connectivity index is 1.46. The zero-order valence-electron chi connectivity index (χ0n) is 15.2. The Morgan fingerprint density at radius 2 is 1.54 bits per heavy atom. The van der Waals surface area contributed by atoms with E-state index < -0.39 is 0 Å². The fourth-order valence-electron chi connectivity index (χ4n) is 4.45. The van der Waals surface area contributed by atoms with Gasteiger partial charge in [-0.25, -0.2) is 0 Å². The maximum atomic E-state index is 13.2. The number of benzene rings is 2. The molecule has 1 N–H and O–H groups in total. The largest absolute Gasteiger partial charge is 0.490 e. The fourth-order valence-corrected chi connectivity index (χ4v) is 4.45. The Morgan fingerprint density at radius 3 is 2.19 bits per heavy atom. The van der Waals surface area contributed by atoms with Gasteiger partial charge in [-0.15, -0.1) is 0 Å². The second-order valence-corrected chi connectivity index (χ2v) is 7.66. The maximum Gasteiger partial charge on any atom is 0.235 e. The number of anilines is 1. The van der Waals surface area contributed by atoms with E-state index in [9.17, 15) is 4.79 Å². The molecule has 4 rings (SSSR count). The predicted octanol–water partition coefficient (Wildman–Crippen LogP) is 5.46. The van der Waals surface area contributed by atoms with Gasteiger partial charge in [-0.3, -0.25) is 4.79 Å². The zero-order chi connectivity index (χ0) is 17.8. The lowest BCUT2D eigenvalue weighted by atomic mass is 9.78. The lowest BCUT2D eigenvalue weighted by Gasteiger charge is -2.28. The summed E-state index contributed by atoms with van der Waals surface area (Å²) in [7, 11) is 0. The van der Waals surface area contributed by atoms with Gasteiger partial charge in [0.1, 0.15) is 5.75 Å². The third kappa shape index (κ3) is 3.48. The third-order valence-corrected chi connectivity index (χ3v) is 5.94. The highest BCUT2D eigenvalue weighted by atomic mass is 16.5. The highest BCUT2D eigenvalue weighted by Crippen LogP contribution is 2.42. The molecule has 0 atom stereocenters. The van der Waals surface area contributed by atoms with Gasteiger partial charge in [0.15, 0.2) is 0 Å². The molecule has 2 fully saturated rings. The van der Waals surface area contributed by atoms with Crippen molar-refractivity contribution in [3.63, 3.8) is 0 Å². The van der Waals surface area contributed by atoms with Crippen LogP contribution in [-0.2, 0) is 10.2 Å². The number of hydrogen-bond acceptors (Lipinski definition) is 2. The highest BCUT2D eigenvalue weighted by molar-refractivity contribution is 5.99. The first-order valence-corrected chi connectivity index (χ1v) is 9.90. The molecule has 0 aliphatic heterocycles. The van der Waals surface area contributed by atoms with Crippen LogP contribution in [0.3, 0.4) is 0 Å². The standard InChI is InChI=1S/C23H27NO2/c25-22(23(16-6-7-17-23)18-8-2-1-3-9-18)24-19-12-14-21(15-13-19)26-20-10-4-5-11-20/h1-3,8-9,12-15,20H,4-7,10-11,16-17H2,(H,24,25). The molecule has 0 unspecified atom stereocenters. The van der Waals surface area contributed by atoms with Crippen LogP contribution in [0.1, 0.15) is 56.9 Å². The van der Waals surface area contributed by atoms with Crippen molar-refractivity contribution in [2.24, 2.45) is 0 Å². The van der Waals surface area contributed by atoms with E-state index in [1.54, 1.807) is 0 Å². The van der Waals surface area contributed by atoms with E-state index in [1.165, 1.54) is 12.8 Å². The summed E-state index contributed by atoms with van der Waals surface area (Å²) in [6.45, 7) is 0. The van der Waals surface area contributed by atoms with Gasteiger partial charge in [0, 0.05) is 5.69 Å². The van der Waals surface area contributed by atoms with Gasteiger partial charge >= 0.3 is 0 Å². The van der Waals surface area contributed by atoms with Crippen molar-refractivity contribution in [2.75, 3.05) is 5.32 Å². The fraction of sp³-hybridized carbons (Fsp3) is 0.435. The van der Waals surface area contributed by atoms with Crippen LogP contribution < -0.4 is 10.1 Å². The van der Waals surface area contributed by atoms with Gasteiger partial charge in [-0.1, -0.05) is 43.2 Å². The SMILES string of the molecule is O=C(Nc1ccc(OC2CCCC2)cc1)C1(c2ccccc2)CCCC1. The first kappa shape index (κ1) is 17.1. The molecule has 0 radical (unpaired) electrons. The smallest absolute Gasteiger partial charge is 0.235 e. The van der Waals surface area contributed by atoms with E-state index in [1.807, 2.05) is 42.5 Å². The number of ether oxygens (including phenoxy) is 1. The molecule has 2 saturated carbocycles. The summed E-state index contributed by atoms with van der Waals surface area (Å²) in [5, 5.41) is 3.15. The van der Waals surface area contributed by atoms with Gasteiger partial charge in [-0.2, -0.15) is 0 Å². The van der Waals surface area contributed by atoms with Crippen LogP contribution in [0.15, 0.2) is 54.6 Å². The molecule has 0 bridgehead atoms. The second-order valence-electron chi connectivity index (χ2n) is 7.66. The number of carbonyl (C=O) groups is 1. The number of amides is 1. The second kappa shape index (κ2) is 7.53. The van der Waals surface area contributed by atoms with Crippen molar-refractivity contribution in [1.82, 2.24) is 0 Å². The lowest BCUT2D eigenvalue weighted by Crippen LogP contribution is -2.37. The molecule has 2 aromatic rings. The number of hydrogen-bond donors (Lipinski definition) is 1. The molecule has 2 aromatic carbocycles. The molecule has 26 heavy (non-hydrogen) atoms. The summed E-state index contributed by atoms with van der Waals surface area (Å²) in [5.74, 6) is 1.01. The van der Waals surface area contributed by atoms with Crippen molar-refractivity contribution >= 4 is 11.6 Å². The molecular formula is C23H27NO2. The van der Waals surface area contributed by atoms with E-state index in [-0.39, 0.29) is 11.3 Å². The molecule has 0 heterocycles. The molecule has 0 aromatic heterocycles. The van der Waals surface area contributed by atoms with Gasteiger partial charge in [0.2, 0.25) is 5.91 Å². The van der Waals surface area contributed by atoms with Crippen LogP contribution in [0.5, 0.6) is 5.75 Å². The van der Waals surface area contributed by atoms with Crippen molar-refractivity contribution in [3.05, 3.63) is 60.2 Å². The van der Waals surface area contributed by atoms with Crippen molar-refractivity contribution in [2.45, 2.75) is 62.9 Å². The number of rotatable bonds is 5. The van der Waals surface area contributed by atoms with Gasteiger partial charge < -0.3 is 10.1 Å². The highest BCUT2D eigenvalue weighted by Gasteiger charge is 2.42. The predicted molar refractivity (Wildman–Crippen MR) is 105 cm³/mol. The van der Waals surface area contributed by atoms with E-state index in [2.05, 4.69) is 17.4 Å². The molecule has 1 amide bonds. The molecule has 2 aliphatic carbocycles. The van der Waals surface area contributed by atoms with Crippen molar-refractivity contribution in [1.29, 1.82) is 0 Å². The monoisotopic (exact) mass is 349 g/mol. The Labute approximate surface area is 155 Å². The first-order valence-electron chi connectivity index (χ1n) is 9.90. The van der Waals surface area contributed by atoms with Crippen LogP contribution >= 0.6 is 0 Å². The third-order valence-electron chi connectivity index (χ3n) is 5.94. The van der Waals surface area contributed by atoms with Gasteiger partial charge in [0.05, 0.1) is 11.5 Å². The minimum absolute atomic E-state index is 0.116. The average molecular weight is 349 g/mol. The lowest BCUT2D eigenvalue weighted by molar-refractivity contribution is -0.121. The van der Waals surface area contributed by atoms with Crippen LogP contribution in [0.2, 0.25) is 0 Å². The topological polar surface area (TPSA) is 38.3 Å². The summed E-state index contributed by atoms with van der Waals surface area (Å²) >= 11 is 0. The number of carbonyl (C=O) groups excluding carboxylic acids is 1. The van der Waals surface area contributed by atoms with Crippen LogP contribution in [0.4, 0.5) is 5.69 Å². The Morgan fingerprint density at radius 1 is 0.885 bits per heavy atom. The Hall–Kier alpha value is -2.29. The molecule has 0 saturated heterocycles. The molecule has 0 spiro atoms. The van der Waals surface area contributed by atoms with E-state index >= 15 is 0 Å². The minimum atomic E-state index is -0.389. The Kier molecular flexibility index (Phi) is 4.96. The molecule has 2 aliphatic rings. The molecule has 3 nitrogen and oxygen atoms in total. The van der Waals surface area contributed by atoms with Crippen molar-refractivity contribution in [3.8, 4) is 5.75 Å². The molecule has 136 valence electrons. The van der Waals surface area contributed by atoms with Crippen molar-refractivity contribution < 1.29 is 9.53 Å². The van der Waals surface area contributed by atoms with Crippen LogP contribution in [0, 0.1) is 0 Å². The van der Waals surface area contributed by atoms with E-state index in [0.29, 0.717) is 6.10 Å². The maximum absolute atomic E-state index is 13.2. The molecule has 3 heteroatoms. The number of nitrogens with one attached hydrogen (secondary N) is 1. The van der Waals surface area contributed by atoms with E-state index in [4.69, 9.17) is 4.74 Å². The van der Waals surface area contributed by atoms with Crippen LogP contribution in [0.25, 0.3) is 0 Å².